The highest BCUT2D eigenvalue weighted by atomic mass is 16.5. The van der Waals surface area contributed by atoms with E-state index in [-0.39, 0.29) is 23.7 Å². The first-order chi connectivity index (χ1) is 15.3. The quantitative estimate of drug-likeness (QED) is 0.678. The number of fused-ring (bicyclic) bond motifs is 1. The molecule has 2 aromatic carbocycles. The van der Waals surface area contributed by atoms with Gasteiger partial charge in [0.15, 0.2) is 5.78 Å². The Bertz CT molecular complexity index is 1070. The van der Waals surface area contributed by atoms with Crippen LogP contribution < -0.4 is 4.74 Å². The Morgan fingerprint density at radius 2 is 1.75 bits per heavy atom. The van der Waals surface area contributed by atoms with Crippen LogP contribution in [0.1, 0.15) is 52.1 Å². The fourth-order valence-electron chi connectivity index (χ4n) is 4.44. The Balaban J connectivity index is 1.56. The molecular weight excluding hydrogens is 402 g/mol. The normalized spacial score (nSPS) is 18.0. The number of ketones is 1. The number of methoxy groups -OCH3 is 1. The number of benzene rings is 2. The summed E-state index contributed by atoms with van der Waals surface area (Å²) in [5, 5.41) is 0. The number of hydrogen-bond acceptors (Lipinski definition) is 5. The van der Waals surface area contributed by atoms with Crippen LogP contribution in [-0.4, -0.2) is 73.1 Å². The molecule has 0 aromatic heterocycles. The standard InChI is InChI=1S/C26H31N3O3/c1-26(2)17-20-8-9-21(32-4)15-22(20)23(27-26)16-24(30)18-6-5-7-19(14-18)25(31)29-12-10-28(3)11-13-29/h5-9,14-15H,10-13,16-17H2,1-4H3. The van der Waals surface area contributed by atoms with E-state index in [4.69, 9.17) is 9.73 Å². The van der Waals surface area contributed by atoms with E-state index in [0.717, 1.165) is 36.5 Å². The summed E-state index contributed by atoms with van der Waals surface area (Å²) in [4.78, 5) is 35.2. The van der Waals surface area contributed by atoms with Gasteiger partial charge in [0.1, 0.15) is 5.75 Å². The second kappa shape index (κ2) is 8.87. The summed E-state index contributed by atoms with van der Waals surface area (Å²) in [7, 11) is 3.70. The minimum atomic E-state index is -0.267. The lowest BCUT2D eigenvalue weighted by Gasteiger charge is -2.32. The molecule has 0 N–H and O–H groups in total. The first-order valence-electron chi connectivity index (χ1n) is 11.1. The number of nitrogens with zero attached hydrogens (tertiary/aromatic N) is 3. The monoisotopic (exact) mass is 433 g/mol. The molecule has 0 aliphatic carbocycles. The van der Waals surface area contributed by atoms with Gasteiger partial charge in [0, 0.05) is 42.9 Å². The number of piperazine rings is 1. The van der Waals surface area contributed by atoms with Gasteiger partial charge in [-0.15, -0.1) is 0 Å². The smallest absolute Gasteiger partial charge is 0.253 e. The molecule has 1 fully saturated rings. The summed E-state index contributed by atoms with van der Waals surface area (Å²) >= 11 is 0. The third-order valence-corrected chi connectivity index (χ3v) is 6.24. The summed E-state index contributed by atoms with van der Waals surface area (Å²) < 4.78 is 5.39. The van der Waals surface area contributed by atoms with Crippen LogP contribution >= 0.6 is 0 Å². The highest BCUT2D eigenvalue weighted by molar-refractivity contribution is 6.17. The lowest BCUT2D eigenvalue weighted by molar-refractivity contribution is 0.0664. The topological polar surface area (TPSA) is 62.2 Å². The highest BCUT2D eigenvalue weighted by Crippen LogP contribution is 2.31. The van der Waals surface area contributed by atoms with E-state index in [9.17, 15) is 9.59 Å². The predicted octanol–water partition coefficient (Wildman–Crippen LogP) is 3.48. The summed E-state index contributed by atoms with van der Waals surface area (Å²) in [6, 6.07) is 13.1. The molecule has 0 bridgehead atoms. The van der Waals surface area contributed by atoms with E-state index in [0.29, 0.717) is 24.2 Å². The average Bonchev–Trinajstić information content (AvgIpc) is 2.78. The molecule has 1 amide bonds. The molecule has 6 nitrogen and oxygen atoms in total. The molecule has 1 saturated heterocycles. The zero-order valence-electron chi connectivity index (χ0n) is 19.4. The molecule has 0 radical (unpaired) electrons. The zero-order chi connectivity index (χ0) is 22.9. The predicted molar refractivity (Wildman–Crippen MR) is 126 cm³/mol. The van der Waals surface area contributed by atoms with Gasteiger partial charge < -0.3 is 14.5 Å². The fraction of sp³-hybridized carbons (Fsp3) is 0.423. The van der Waals surface area contributed by atoms with Gasteiger partial charge in [-0.1, -0.05) is 18.2 Å². The number of hydrogen-bond donors (Lipinski definition) is 0. The van der Waals surface area contributed by atoms with E-state index in [1.807, 2.05) is 17.0 Å². The summed E-state index contributed by atoms with van der Waals surface area (Å²) in [6.07, 6.45) is 1.01. The Morgan fingerprint density at radius 1 is 1.03 bits per heavy atom. The minimum absolute atomic E-state index is 0.0148. The van der Waals surface area contributed by atoms with Crippen LogP contribution in [-0.2, 0) is 6.42 Å². The Hall–Kier alpha value is -2.99. The molecule has 0 unspecified atom stereocenters. The second-order valence-electron chi connectivity index (χ2n) is 9.35. The van der Waals surface area contributed by atoms with Gasteiger partial charge in [0.05, 0.1) is 24.8 Å². The number of rotatable bonds is 5. The molecule has 32 heavy (non-hydrogen) atoms. The maximum Gasteiger partial charge on any atom is 0.253 e. The van der Waals surface area contributed by atoms with Crippen LogP contribution in [0.3, 0.4) is 0 Å². The molecule has 4 rings (SSSR count). The van der Waals surface area contributed by atoms with E-state index >= 15 is 0 Å². The fourth-order valence-corrected chi connectivity index (χ4v) is 4.44. The van der Waals surface area contributed by atoms with Crippen molar-refractivity contribution in [3.63, 3.8) is 0 Å². The van der Waals surface area contributed by atoms with E-state index in [1.165, 1.54) is 5.56 Å². The van der Waals surface area contributed by atoms with E-state index in [1.54, 1.807) is 31.4 Å². The van der Waals surface area contributed by atoms with Crippen molar-refractivity contribution in [2.45, 2.75) is 32.2 Å². The summed E-state index contributed by atoms with van der Waals surface area (Å²) in [5.41, 5.74) is 3.76. The number of likely N-dealkylation sites (N-methyl/N-ethyl adjacent to an activating group) is 1. The Morgan fingerprint density at radius 3 is 2.47 bits per heavy atom. The molecule has 6 heteroatoms. The molecular formula is C26H31N3O3. The molecule has 0 spiro atoms. The first kappa shape index (κ1) is 22.2. The van der Waals surface area contributed by atoms with Crippen LogP contribution in [0.15, 0.2) is 47.5 Å². The molecule has 0 saturated carbocycles. The van der Waals surface area contributed by atoms with Gasteiger partial charge in [-0.3, -0.25) is 14.6 Å². The van der Waals surface area contributed by atoms with Gasteiger partial charge >= 0.3 is 0 Å². The number of ether oxygens (including phenoxy) is 1. The molecule has 0 atom stereocenters. The van der Waals surface area contributed by atoms with Crippen LogP contribution in [0, 0.1) is 0 Å². The maximum atomic E-state index is 13.2. The van der Waals surface area contributed by atoms with Crippen molar-refractivity contribution in [3.8, 4) is 5.75 Å². The first-order valence-corrected chi connectivity index (χ1v) is 11.1. The van der Waals surface area contributed by atoms with Crippen molar-refractivity contribution in [1.82, 2.24) is 9.80 Å². The summed E-state index contributed by atoms with van der Waals surface area (Å²) in [6.45, 7) is 7.31. The van der Waals surface area contributed by atoms with Gasteiger partial charge in [-0.2, -0.15) is 0 Å². The van der Waals surface area contributed by atoms with E-state index in [2.05, 4.69) is 31.9 Å². The molecule has 2 aromatic rings. The second-order valence-corrected chi connectivity index (χ2v) is 9.35. The molecule has 2 aliphatic heterocycles. The van der Waals surface area contributed by atoms with Crippen molar-refractivity contribution >= 4 is 17.4 Å². The highest BCUT2D eigenvalue weighted by Gasteiger charge is 2.28. The van der Waals surface area contributed by atoms with Gasteiger partial charge in [0.2, 0.25) is 0 Å². The van der Waals surface area contributed by atoms with Crippen molar-refractivity contribution in [2.75, 3.05) is 40.3 Å². The SMILES string of the molecule is COc1ccc2c(c1)C(CC(=O)c1cccc(C(=O)N3CCN(C)CC3)c1)=NC(C)(C)C2. The van der Waals surface area contributed by atoms with Crippen molar-refractivity contribution in [3.05, 3.63) is 64.7 Å². The molecule has 168 valence electrons. The number of amides is 1. The third kappa shape index (κ3) is 4.75. The number of carbonyl (C=O) groups excluding carboxylic acids is 2. The maximum absolute atomic E-state index is 13.2. The van der Waals surface area contributed by atoms with Crippen LogP contribution in [0.4, 0.5) is 0 Å². The number of aliphatic imine (C=N–C) groups is 1. The van der Waals surface area contributed by atoms with Crippen LogP contribution in [0.25, 0.3) is 0 Å². The Kier molecular flexibility index (Phi) is 6.15. The minimum Gasteiger partial charge on any atom is -0.497 e. The lowest BCUT2D eigenvalue weighted by Crippen LogP contribution is -2.47. The Labute approximate surface area is 189 Å². The largest absolute Gasteiger partial charge is 0.497 e. The molecule has 2 heterocycles. The van der Waals surface area contributed by atoms with Crippen LogP contribution in [0.5, 0.6) is 5.75 Å². The average molecular weight is 434 g/mol. The van der Waals surface area contributed by atoms with Crippen molar-refractivity contribution in [2.24, 2.45) is 4.99 Å². The van der Waals surface area contributed by atoms with E-state index < -0.39 is 0 Å². The molecule has 2 aliphatic rings. The third-order valence-electron chi connectivity index (χ3n) is 6.24. The zero-order valence-corrected chi connectivity index (χ0v) is 19.4. The summed E-state index contributed by atoms with van der Waals surface area (Å²) in [5.74, 6) is 0.700. The van der Waals surface area contributed by atoms with Crippen molar-refractivity contribution < 1.29 is 14.3 Å². The van der Waals surface area contributed by atoms with Crippen LogP contribution in [0.2, 0.25) is 0 Å². The van der Waals surface area contributed by atoms with Gasteiger partial charge in [0.25, 0.3) is 5.91 Å². The van der Waals surface area contributed by atoms with Crippen molar-refractivity contribution in [1.29, 1.82) is 0 Å². The lowest BCUT2D eigenvalue weighted by atomic mass is 9.85. The van der Waals surface area contributed by atoms with Gasteiger partial charge in [-0.25, -0.2) is 0 Å². The number of carbonyl (C=O) groups is 2. The van der Waals surface area contributed by atoms with Gasteiger partial charge in [-0.05, 0) is 57.1 Å². The number of Topliss-reactive ketones (excluding diaryl/α,β-unsaturated/α-hetero) is 1.